The van der Waals surface area contributed by atoms with Crippen molar-refractivity contribution in [3.63, 3.8) is 0 Å². The van der Waals surface area contributed by atoms with Crippen molar-refractivity contribution >= 4 is 5.91 Å². The first-order chi connectivity index (χ1) is 11.9. The smallest absolute Gasteiger partial charge is 0.261 e. The van der Waals surface area contributed by atoms with Gasteiger partial charge >= 0.3 is 0 Å². The zero-order chi connectivity index (χ0) is 18.1. The number of carbonyl (C=O) groups excluding carboxylic acids is 1. The summed E-state index contributed by atoms with van der Waals surface area (Å²) in [6.07, 6.45) is -0.237. The molecule has 2 atom stereocenters. The fourth-order valence-corrected chi connectivity index (χ4v) is 3.30. The van der Waals surface area contributed by atoms with Crippen LogP contribution in [0, 0.1) is 19.7 Å². The van der Waals surface area contributed by atoms with E-state index in [-0.39, 0.29) is 30.9 Å². The van der Waals surface area contributed by atoms with Crippen molar-refractivity contribution in [3.8, 4) is 5.75 Å². The van der Waals surface area contributed by atoms with Crippen LogP contribution in [0.4, 0.5) is 4.39 Å². The molecule has 0 unspecified atom stereocenters. The Hall–Kier alpha value is -2.41. The number of nitrogens with zero attached hydrogens (tertiary/aromatic N) is 3. The summed E-state index contributed by atoms with van der Waals surface area (Å²) < 4.78 is 20.9. The Bertz CT molecular complexity index is 790. The minimum Gasteiger partial charge on any atom is -0.480 e. The third-order valence-corrected chi connectivity index (χ3v) is 4.62. The summed E-state index contributed by atoms with van der Waals surface area (Å²) >= 11 is 0. The average Bonchev–Trinajstić information content (AvgIpc) is 3.06. The maximum atomic E-state index is 13.5. The fourth-order valence-electron chi connectivity index (χ4n) is 3.30. The highest BCUT2D eigenvalue weighted by atomic mass is 19.1. The van der Waals surface area contributed by atoms with Gasteiger partial charge in [0.2, 0.25) is 0 Å². The first-order valence-corrected chi connectivity index (χ1v) is 8.22. The standard InChI is InChI=1S/C18H22FN3O3/c1-11-18(12(2)21(3)20-11)25-10-17(24)22-9-15(23)8-16(22)13-5-4-6-14(19)7-13/h4-7,15-16,23H,8-10H2,1-3H3/t15-,16-/m0/s1. The van der Waals surface area contributed by atoms with Gasteiger partial charge in [0.05, 0.1) is 17.8 Å². The van der Waals surface area contributed by atoms with Gasteiger partial charge in [-0.1, -0.05) is 12.1 Å². The van der Waals surface area contributed by atoms with E-state index in [2.05, 4.69) is 5.10 Å². The number of ether oxygens (including phenoxy) is 1. The zero-order valence-corrected chi connectivity index (χ0v) is 14.6. The van der Waals surface area contributed by atoms with Crippen LogP contribution in [0.3, 0.4) is 0 Å². The molecule has 1 amide bonds. The van der Waals surface area contributed by atoms with Gasteiger partial charge in [0.15, 0.2) is 12.4 Å². The summed E-state index contributed by atoms with van der Waals surface area (Å²) in [6.45, 7) is 3.76. The third kappa shape index (κ3) is 3.51. The largest absolute Gasteiger partial charge is 0.480 e. The Labute approximate surface area is 145 Å². The van der Waals surface area contributed by atoms with E-state index in [0.717, 1.165) is 11.4 Å². The van der Waals surface area contributed by atoms with Gasteiger partial charge in [0.25, 0.3) is 5.91 Å². The second kappa shape index (κ2) is 6.84. The molecule has 7 heteroatoms. The number of carbonyl (C=O) groups is 1. The minimum absolute atomic E-state index is 0.147. The Morgan fingerprint density at radius 1 is 1.44 bits per heavy atom. The Morgan fingerprint density at radius 2 is 2.20 bits per heavy atom. The highest BCUT2D eigenvalue weighted by Gasteiger charge is 2.35. The topological polar surface area (TPSA) is 67.6 Å². The van der Waals surface area contributed by atoms with Crippen molar-refractivity contribution in [1.29, 1.82) is 0 Å². The van der Waals surface area contributed by atoms with Crippen LogP contribution in [-0.2, 0) is 11.8 Å². The molecule has 1 aromatic carbocycles. The molecule has 134 valence electrons. The average molecular weight is 347 g/mol. The molecule has 6 nitrogen and oxygen atoms in total. The summed E-state index contributed by atoms with van der Waals surface area (Å²) in [6, 6.07) is 5.79. The molecule has 1 fully saturated rings. The van der Waals surface area contributed by atoms with Gasteiger partial charge in [0, 0.05) is 13.6 Å². The molecule has 0 aliphatic carbocycles. The molecule has 25 heavy (non-hydrogen) atoms. The van der Waals surface area contributed by atoms with E-state index in [1.54, 1.807) is 21.7 Å². The van der Waals surface area contributed by atoms with Crippen LogP contribution < -0.4 is 4.74 Å². The summed E-state index contributed by atoms with van der Waals surface area (Å²) in [4.78, 5) is 14.2. The number of halogens is 1. The number of likely N-dealkylation sites (tertiary alicyclic amines) is 1. The first kappa shape index (κ1) is 17.4. The predicted molar refractivity (Wildman–Crippen MR) is 89.7 cm³/mol. The maximum Gasteiger partial charge on any atom is 0.261 e. The molecule has 1 aliphatic heterocycles. The summed E-state index contributed by atoms with van der Waals surface area (Å²) in [7, 11) is 1.81. The van der Waals surface area contributed by atoms with Crippen molar-refractivity contribution in [3.05, 3.63) is 47.0 Å². The summed E-state index contributed by atoms with van der Waals surface area (Å²) in [5, 5.41) is 14.2. The lowest BCUT2D eigenvalue weighted by atomic mass is 10.0. The fraction of sp³-hybridized carbons (Fsp3) is 0.444. The Morgan fingerprint density at radius 3 is 2.84 bits per heavy atom. The summed E-state index contributed by atoms with van der Waals surface area (Å²) in [5.74, 6) is -0.00415. The number of aromatic nitrogens is 2. The number of aliphatic hydroxyl groups is 1. The third-order valence-electron chi connectivity index (χ3n) is 4.62. The van der Waals surface area contributed by atoms with Crippen LogP contribution in [0.1, 0.15) is 29.4 Å². The SMILES string of the molecule is Cc1nn(C)c(C)c1OCC(=O)N1C[C@@H](O)C[C@H]1c1cccc(F)c1. The minimum atomic E-state index is -0.626. The molecule has 0 saturated carbocycles. The highest BCUT2D eigenvalue weighted by molar-refractivity contribution is 5.78. The Balaban J connectivity index is 1.73. The monoisotopic (exact) mass is 347 g/mol. The maximum absolute atomic E-state index is 13.5. The molecule has 0 bridgehead atoms. The van der Waals surface area contributed by atoms with Crippen LogP contribution in [0.15, 0.2) is 24.3 Å². The van der Waals surface area contributed by atoms with Gasteiger partial charge in [-0.25, -0.2) is 4.39 Å². The van der Waals surface area contributed by atoms with E-state index in [0.29, 0.717) is 17.7 Å². The van der Waals surface area contributed by atoms with E-state index in [9.17, 15) is 14.3 Å². The molecule has 0 spiro atoms. The van der Waals surface area contributed by atoms with Crippen LogP contribution in [0.5, 0.6) is 5.75 Å². The Kier molecular flexibility index (Phi) is 4.76. The van der Waals surface area contributed by atoms with Crippen LogP contribution in [0.25, 0.3) is 0 Å². The second-order valence-corrected chi connectivity index (χ2v) is 6.42. The lowest BCUT2D eigenvalue weighted by Crippen LogP contribution is -2.35. The van der Waals surface area contributed by atoms with E-state index < -0.39 is 6.10 Å². The number of rotatable bonds is 4. The number of aryl methyl sites for hydroxylation is 2. The van der Waals surface area contributed by atoms with Crippen LogP contribution >= 0.6 is 0 Å². The second-order valence-electron chi connectivity index (χ2n) is 6.42. The molecule has 0 radical (unpaired) electrons. The molecule has 3 rings (SSSR count). The molecule has 1 aromatic heterocycles. The van der Waals surface area contributed by atoms with Gasteiger partial charge in [0.1, 0.15) is 11.5 Å². The van der Waals surface area contributed by atoms with Gasteiger partial charge in [-0.05, 0) is 38.0 Å². The first-order valence-electron chi connectivity index (χ1n) is 8.22. The van der Waals surface area contributed by atoms with Gasteiger partial charge < -0.3 is 14.7 Å². The molecular weight excluding hydrogens is 325 g/mol. The van der Waals surface area contributed by atoms with Gasteiger partial charge in [-0.3, -0.25) is 9.48 Å². The van der Waals surface area contributed by atoms with Crippen molar-refractivity contribution in [2.45, 2.75) is 32.4 Å². The van der Waals surface area contributed by atoms with Crippen LogP contribution in [0.2, 0.25) is 0 Å². The van der Waals surface area contributed by atoms with Gasteiger partial charge in [-0.2, -0.15) is 5.10 Å². The lowest BCUT2D eigenvalue weighted by Gasteiger charge is -2.25. The van der Waals surface area contributed by atoms with E-state index >= 15 is 0 Å². The zero-order valence-electron chi connectivity index (χ0n) is 14.6. The molecule has 2 heterocycles. The molecular formula is C18H22FN3O3. The quantitative estimate of drug-likeness (QED) is 0.917. The van der Waals surface area contributed by atoms with Gasteiger partial charge in [-0.15, -0.1) is 0 Å². The number of β-amino-alcohol motifs (C(OH)–C–C–N with tert-alkyl or cyclic N) is 1. The number of aliphatic hydroxyl groups excluding tert-OH is 1. The highest BCUT2D eigenvalue weighted by Crippen LogP contribution is 2.32. The van der Waals surface area contributed by atoms with E-state index in [1.807, 2.05) is 20.9 Å². The summed E-state index contributed by atoms with van der Waals surface area (Å²) in [5.41, 5.74) is 2.24. The number of amides is 1. The molecule has 1 saturated heterocycles. The molecule has 2 aromatic rings. The van der Waals surface area contributed by atoms with Crippen LogP contribution in [-0.4, -0.2) is 44.9 Å². The molecule has 1 aliphatic rings. The van der Waals surface area contributed by atoms with Crippen molar-refractivity contribution in [2.24, 2.45) is 7.05 Å². The number of benzene rings is 1. The number of hydrogen-bond acceptors (Lipinski definition) is 4. The number of hydrogen-bond donors (Lipinski definition) is 1. The predicted octanol–water partition coefficient (Wildman–Crippen LogP) is 1.89. The van der Waals surface area contributed by atoms with Crippen molar-refractivity contribution in [1.82, 2.24) is 14.7 Å². The van der Waals surface area contributed by atoms with Crippen molar-refractivity contribution < 1.29 is 19.0 Å². The normalized spacial score (nSPS) is 20.1. The lowest BCUT2D eigenvalue weighted by molar-refractivity contribution is -0.134. The van der Waals surface area contributed by atoms with Crippen molar-refractivity contribution in [2.75, 3.05) is 13.2 Å². The molecule has 1 N–H and O–H groups in total. The van der Waals surface area contributed by atoms with E-state index in [4.69, 9.17) is 4.74 Å². The van der Waals surface area contributed by atoms with E-state index in [1.165, 1.54) is 12.1 Å².